The standard InChI is InChI=1S/C19H25N5O2/c1-26-17-5-3-16(4-6-17)7-10-20-18(25)15-23-11-13-24(14-12-23)19-21-8-2-9-22-19/h2-6,8-9H,7,10-15H2,1H3,(H,20,25)/p+1. The molecule has 1 saturated heterocycles. The molecule has 0 saturated carbocycles. The molecule has 7 heteroatoms. The van der Waals surface area contributed by atoms with Gasteiger partial charge in [0.05, 0.1) is 33.3 Å². The van der Waals surface area contributed by atoms with Gasteiger partial charge in [0.15, 0.2) is 6.54 Å². The maximum Gasteiger partial charge on any atom is 0.275 e. The highest BCUT2D eigenvalue weighted by molar-refractivity contribution is 5.76. The molecule has 1 aromatic carbocycles. The second-order valence-electron chi connectivity index (χ2n) is 6.41. The molecule has 2 aromatic rings. The van der Waals surface area contributed by atoms with Crippen molar-refractivity contribution in [3.63, 3.8) is 0 Å². The predicted molar refractivity (Wildman–Crippen MR) is 99.5 cm³/mol. The minimum absolute atomic E-state index is 0.109. The number of piperazine rings is 1. The molecule has 0 unspecified atom stereocenters. The average Bonchev–Trinajstić information content (AvgIpc) is 2.70. The molecule has 1 fully saturated rings. The summed E-state index contributed by atoms with van der Waals surface area (Å²) in [6.45, 7) is 4.76. The molecule has 2 heterocycles. The first-order chi connectivity index (χ1) is 12.7. The minimum atomic E-state index is 0.109. The third kappa shape index (κ3) is 5.16. The van der Waals surface area contributed by atoms with Crippen molar-refractivity contribution in [1.29, 1.82) is 0 Å². The Hall–Kier alpha value is -2.67. The summed E-state index contributed by atoms with van der Waals surface area (Å²) in [5.41, 5.74) is 1.19. The number of nitrogens with zero attached hydrogens (tertiary/aromatic N) is 3. The van der Waals surface area contributed by atoms with Gasteiger partial charge in [0, 0.05) is 18.9 Å². The smallest absolute Gasteiger partial charge is 0.275 e. The lowest BCUT2D eigenvalue weighted by Crippen LogP contribution is -3.16. The highest BCUT2D eigenvalue weighted by atomic mass is 16.5. The van der Waals surface area contributed by atoms with Crippen LogP contribution < -0.4 is 19.9 Å². The third-order valence-electron chi connectivity index (χ3n) is 4.61. The maximum atomic E-state index is 12.2. The summed E-state index contributed by atoms with van der Waals surface area (Å²) in [5.74, 6) is 1.73. The number of quaternary nitrogens is 1. The van der Waals surface area contributed by atoms with Crippen LogP contribution >= 0.6 is 0 Å². The zero-order chi connectivity index (χ0) is 18.2. The zero-order valence-electron chi connectivity index (χ0n) is 15.1. The van der Waals surface area contributed by atoms with Crippen molar-refractivity contribution < 1.29 is 14.4 Å². The maximum absolute atomic E-state index is 12.2. The minimum Gasteiger partial charge on any atom is -0.497 e. The second kappa shape index (κ2) is 9.15. The Morgan fingerprint density at radius 2 is 1.88 bits per heavy atom. The Bertz CT molecular complexity index is 685. The fourth-order valence-corrected chi connectivity index (χ4v) is 3.08. The Morgan fingerprint density at radius 1 is 1.19 bits per heavy atom. The van der Waals surface area contributed by atoms with E-state index in [-0.39, 0.29) is 5.91 Å². The zero-order valence-corrected chi connectivity index (χ0v) is 15.1. The van der Waals surface area contributed by atoms with E-state index in [1.54, 1.807) is 19.5 Å². The lowest BCUT2D eigenvalue weighted by Gasteiger charge is -2.31. The summed E-state index contributed by atoms with van der Waals surface area (Å²) in [4.78, 5) is 24.2. The van der Waals surface area contributed by atoms with Crippen LogP contribution in [0.25, 0.3) is 0 Å². The normalized spacial score (nSPS) is 14.9. The Kier molecular flexibility index (Phi) is 6.38. The van der Waals surface area contributed by atoms with E-state index in [0.717, 1.165) is 44.3 Å². The van der Waals surface area contributed by atoms with Crippen LogP contribution in [0, 0.1) is 0 Å². The number of rotatable bonds is 7. The van der Waals surface area contributed by atoms with E-state index in [9.17, 15) is 4.79 Å². The van der Waals surface area contributed by atoms with Gasteiger partial charge >= 0.3 is 0 Å². The van der Waals surface area contributed by atoms with Gasteiger partial charge < -0.3 is 19.9 Å². The molecule has 0 atom stereocenters. The van der Waals surface area contributed by atoms with Gasteiger partial charge in [-0.3, -0.25) is 4.79 Å². The van der Waals surface area contributed by atoms with Crippen molar-refractivity contribution in [1.82, 2.24) is 15.3 Å². The summed E-state index contributed by atoms with van der Waals surface area (Å²) in [6.07, 6.45) is 4.35. The topological polar surface area (TPSA) is 71.8 Å². The van der Waals surface area contributed by atoms with E-state index in [1.165, 1.54) is 10.5 Å². The number of hydrogen-bond acceptors (Lipinski definition) is 5. The molecule has 1 aliphatic rings. The van der Waals surface area contributed by atoms with Crippen molar-refractivity contribution >= 4 is 11.9 Å². The van der Waals surface area contributed by atoms with Crippen LogP contribution in [0.4, 0.5) is 5.95 Å². The monoisotopic (exact) mass is 356 g/mol. The molecule has 3 rings (SSSR count). The van der Waals surface area contributed by atoms with Gasteiger partial charge in [0.25, 0.3) is 5.91 Å². The van der Waals surface area contributed by atoms with Crippen molar-refractivity contribution in [2.45, 2.75) is 6.42 Å². The highest BCUT2D eigenvalue weighted by Gasteiger charge is 2.23. The van der Waals surface area contributed by atoms with Crippen LogP contribution in [-0.2, 0) is 11.2 Å². The lowest BCUT2D eigenvalue weighted by atomic mass is 10.1. The van der Waals surface area contributed by atoms with Gasteiger partial charge in [0.2, 0.25) is 5.95 Å². The first-order valence-corrected chi connectivity index (χ1v) is 9.00. The summed E-state index contributed by atoms with van der Waals surface area (Å²) >= 11 is 0. The lowest BCUT2D eigenvalue weighted by molar-refractivity contribution is -0.892. The van der Waals surface area contributed by atoms with E-state index < -0.39 is 0 Å². The van der Waals surface area contributed by atoms with E-state index in [1.807, 2.05) is 30.3 Å². The van der Waals surface area contributed by atoms with Crippen LogP contribution in [0.1, 0.15) is 5.56 Å². The molecule has 1 aliphatic heterocycles. The van der Waals surface area contributed by atoms with Crippen LogP contribution in [-0.4, -0.2) is 62.3 Å². The number of carbonyl (C=O) groups excluding carboxylic acids is 1. The largest absolute Gasteiger partial charge is 0.497 e. The summed E-state index contributed by atoms with van der Waals surface area (Å²) in [6, 6.07) is 9.76. The van der Waals surface area contributed by atoms with Gasteiger partial charge in [-0.25, -0.2) is 9.97 Å². The molecule has 26 heavy (non-hydrogen) atoms. The second-order valence-corrected chi connectivity index (χ2v) is 6.41. The number of ether oxygens (including phenoxy) is 1. The molecule has 0 radical (unpaired) electrons. The molecule has 0 bridgehead atoms. The molecular formula is C19H26N5O2+. The number of carbonyl (C=O) groups is 1. The number of anilines is 1. The van der Waals surface area contributed by atoms with E-state index in [0.29, 0.717) is 13.1 Å². The average molecular weight is 356 g/mol. The molecule has 7 nitrogen and oxygen atoms in total. The number of hydrogen-bond donors (Lipinski definition) is 2. The van der Waals surface area contributed by atoms with Crippen LogP contribution in [0.3, 0.4) is 0 Å². The number of amides is 1. The number of benzene rings is 1. The first kappa shape index (κ1) is 18.1. The third-order valence-corrected chi connectivity index (χ3v) is 4.61. The van der Waals surface area contributed by atoms with Crippen LogP contribution in [0.2, 0.25) is 0 Å². The van der Waals surface area contributed by atoms with Gasteiger partial charge in [-0.15, -0.1) is 0 Å². The van der Waals surface area contributed by atoms with Gasteiger partial charge in [-0.1, -0.05) is 12.1 Å². The number of aromatic nitrogens is 2. The van der Waals surface area contributed by atoms with Crippen molar-refractivity contribution in [2.24, 2.45) is 0 Å². The van der Waals surface area contributed by atoms with Crippen molar-refractivity contribution in [3.8, 4) is 5.75 Å². The summed E-state index contributed by atoms with van der Waals surface area (Å²) in [7, 11) is 1.66. The number of nitrogens with one attached hydrogen (secondary N) is 2. The Balaban J connectivity index is 1.35. The molecule has 138 valence electrons. The molecule has 0 spiro atoms. The fraction of sp³-hybridized carbons (Fsp3) is 0.421. The fourth-order valence-electron chi connectivity index (χ4n) is 3.08. The van der Waals surface area contributed by atoms with Crippen LogP contribution in [0.15, 0.2) is 42.7 Å². The van der Waals surface area contributed by atoms with Gasteiger partial charge in [0.1, 0.15) is 5.75 Å². The summed E-state index contributed by atoms with van der Waals surface area (Å²) < 4.78 is 5.15. The number of methoxy groups -OCH3 is 1. The molecule has 0 aliphatic carbocycles. The molecular weight excluding hydrogens is 330 g/mol. The molecule has 1 amide bonds. The predicted octanol–water partition coefficient (Wildman–Crippen LogP) is -0.451. The van der Waals surface area contributed by atoms with Gasteiger partial charge in [-0.05, 0) is 30.2 Å². The van der Waals surface area contributed by atoms with Gasteiger partial charge in [-0.2, -0.15) is 0 Å². The first-order valence-electron chi connectivity index (χ1n) is 9.00. The summed E-state index contributed by atoms with van der Waals surface area (Å²) in [5, 5.41) is 3.02. The molecule has 1 aromatic heterocycles. The van der Waals surface area contributed by atoms with Crippen LogP contribution in [0.5, 0.6) is 5.75 Å². The Morgan fingerprint density at radius 3 is 2.54 bits per heavy atom. The SMILES string of the molecule is COc1ccc(CCNC(=O)C[NH+]2CCN(c3ncccn3)CC2)cc1. The quantitative estimate of drug-likeness (QED) is 0.703. The van der Waals surface area contributed by atoms with Crippen molar-refractivity contribution in [2.75, 3.05) is 51.3 Å². The van der Waals surface area contributed by atoms with E-state index >= 15 is 0 Å². The van der Waals surface area contributed by atoms with E-state index in [2.05, 4.69) is 20.2 Å². The molecule has 2 N–H and O–H groups in total. The highest BCUT2D eigenvalue weighted by Crippen LogP contribution is 2.11. The Labute approximate surface area is 154 Å². The van der Waals surface area contributed by atoms with Crippen molar-refractivity contribution in [3.05, 3.63) is 48.3 Å². The van der Waals surface area contributed by atoms with E-state index in [4.69, 9.17) is 4.74 Å².